The van der Waals surface area contributed by atoms with Gasteiger partial charge in [0, 0.05) is 16.7 Å². The molecule has 94 valence electrons. The lowest BCUT2D eigenvalue weighted by molar-refractivity contribution is 0.552. The van der Waals surface area contributed by atoms with E-state index < -0.39 is 11.6 Å². The van der Waals surface area contributed by atoms with Crippen molar-refractivity contribution in [2.75, 3.05) is 7.05 Å². The zero-order chi connectivity index (χ0) is 13.1. The molecule has 0 fully saturated rings. The third kappa shape index (κ3) is 2.68. The minimum Gasteiger partial charge on any atom is -0.309 e. The molecule has 1 nitrogen and oxygen atoms in total. The largest absolute Gasteiger partial charge is 0.309 e. The number of hydrogen-bond acceptors (Lipinski definition) is 1. The van der Waals surface area contributed by atoms with Gasteiger partial charge >= 0.3 is 0 Å². The van der Waals surface area contributed by atoms with Gasteiger partial charge in [-0.05, 0) is 30.8 Å². The molecule has 18 heavy (non-hydrogen) atoms. The quantitative estimate of drug-likeness (QED) is 0.889. The highest BCUT2D eigenvalue weighted by atomic mass is 35.5. The lowest BCUT2D eigenvalue weighted by Crippen LogP contribution is -2.19. The van der Waals surface area contributed by atoms with Gasteiger partial charge in [0.1, 0.15) is 11.6 Å². The fourth-order valence-electron chi connectivity index (χ4n) is 1.92. The van der Waals surface area contributed by atoms with E-state index in [1.807, 2.05) is 6.07 Å². The first kappa shape index (κ1) is 13.0. The third-order valence-electron chi connectivity index (χ3n) is 2.74. The van der Waals surface area contributed by atoms with Gasteiger partial charge in [-0.15, -0.1) is 0 Å². The molecule has 1 unspecified atom stereocenters. The Labute approximate surface area is 109 Å². The normalized spacial score (nSPS) is 12.4. The van der Waals surface area contributed by atoms with Crippen molar-refractivity contribution in [3.05, 3.63) is 70.2 Å². The lowest BCUT2D eigenvalue weighted by atomic mass is 9.98. The second kappa shape index (κ2) is 5.46. The Hall–Kier alpha value is -1.45. The van der Waals surface area contributed by atoms with Crippen molar-refractivity contribution in [3.8, 4) is 0 Å². The molecule has 0 amide bonds. The zero-order valence-electron chi connectivity index (χ0n) is 9.75. The van der Waals surface area contributed by atoms with Gasteiger partial charge in [0.2, 0.25) is 0 Å². The summed E-state index contributed by atoms with van der Waals surface area (Å²) in [5.41, 5.74) is 1.22. The van der Waals surface area contributed by atoms with E-state index in [1.165, 1.54) is 12.1 Å². The Balaban J connectivity index is 2.45. The maximum Gasteiger partial charge on any atom is 0.131 e. The van der Waals surface area contributed by atoms with Crippen molar-refractivity contribution >= 4 is 11.6 Å². The summed E-state index contributed by atoms with van der Waals surface area (Å²) in [5, 5.41) is 3.58. The van der Waals surface area contributed by atoms with E-state index in [0.29, 0.717) is 10.6 Å². The Kier molecular flexibility index (Phi) is 3.94. The Morgan fingerprint density at radius 3 is 2.50 bits per heavy atom. The van der Waals surface area contributed by atoms with Crippen molar-refractivity contribution < 1.29 is 8.78 Å². The van der Waals surface area contributed by atoms with Crippen molar-refractivity contribution in [2.24, 2.45) is 0 Å². The molecule has 4 heteroatoms. The summed E-state index contributed by atoms with van der Waals surface area (Å²) < 4.78 is 26.7. The highest BCUT2D eigenvalue weighted by Crippen LogP contribution is 2.26. The van der Waals surface area contributed by atoms with E-state index in [-0.39, 0.29) is 6.04 Å². The summed E-state index contributed by atoms with van der Waals surface area (Å²) in [6.45, 7) is 0. The van der Waals surface area contributed by atoms with Gasteiger partial charge in [-0.2, -0.15) is 0 Å². The minimum absolute atomic E-state index is 0.357. The van der Waals surface area contributed by atoms with Crippen molar-refractivity contribution in [1.82, 2.24) is 5.32 Å². The van der Waals surface area contributed by atoms with Gasteiger partial charge in [0.05, 0.1) is 6.04 Å². The first-order valence-electron chi connectivity index (χ1n) is 5.49. The summed E-state index contributed by atoms with van der Waals surface area (Å²) >= 11 is 5.92. The molecule has 0 radical (unpaired) electrons. The molecule has 1 N–H and O–H groups in total. The van der Waals surface area contributed by atoms with Crippen molar-refractivity contribution in [3.63, 3.8) is 0 Å². The SMILES string of the molecule is CNC(c1cccc(Cl)c1)c1ccc(F)cc1F. The zero-order valence-corrected chi connectivity index (χ0v) is 10.5. The average Bonchev–Trinajstić information content (AvgIpc) is 2.33. The van der Waals surface area contributed by atoms with Crippen LogP contribution in [0.1, 0.15) is 17.2 Å². The van der Waals surface area contributed by atoms with Crippen LogP contribution in [0.5, 0.6) is 0 Å². The fraction of sp³-hybridized carbons (Fsp3) is 0.143. The first-order chi connectivity index (χ1) is 8.61. The second-order valence-corrected chi connectivity index (χ2v) is 4.38. The molecule has 0 saturated carbocycles. The summed E-state index contributed by atoms with van der Waals surface area (Å²) in [7, 11) is 1.72. The van der Waals surface area contributed by atoms with Gasteiger partial charge < -0.3 is 5.32 Å². The van der Waals surface area contributed by atoms with Crippen LogP contribution >= 0.6 is 11.6 Å². The molecule has 1 atom stereocenters. The molecular formula is C14H12ClF2N. The number of hydrogen-bond donors (Lipinski definition) is 1. The highest BCUT2D eigenvalue weighted by Gasteiger charge is 2.16. The number of nitrogens with one attached hydrogen (secondary N) is 1. The molecule has 0 bridgehead atoms. The summed E-state index contributed by atoms with van der Waals surface area (Å²) in [4.78, 5) is 0. The molecule has 0 aliphatic heterocycles. The van der Waals surface area contributed by atoms with E-state index >= 15 is 0 Å². The average molecular weight is 268 g/mol. The van der Waals surface area contributed by atoms with Crippen LogP contribution in [-0.2, 0) is 0 Å². The van der Waals surface area contributed by atoms with Gasteiger partial charge in [0.25, 0.3) is 0 Å². The van der Waals surface area contributed by atoms with Crippen LogP contribution < -0.4 is 5.32 Å². The molecule has 0 aliphatic rings. The van der Waals surface area contributed by atoms with Crippen LogP contribution in [0.2, 0.25) is 5.02 Å². The van der Waals surface area contributed by atoms with Crippen LogP contribution in [0.25, 0.3) is 0 Å². The van der Waals surface area contributed by atoms with Gasteiger partial charge in [-0.25, -0.2) is 8.78 Å². The molecule has 0 aliphatic carbocycles. The Bertz CT molecular complexity index is 557. The van der Waals surface area contributed by atoms with E-state index in [4.69, 9.17) is 11.6 Å². The second-order valence-electron chi connectivity index (χ2n) is 3.94. The standard InChI is InChI=1S/C14H12ClF2N/c1-18-14(9-3-2-4-10(15)7-9)12-6-5-11(16)8-13(12)17/h2-8,14,18H,1H3. The van der Waals surface area contributed by atoms with E-state index in [9.17, 15) is 8.78 Å². The van der Waals surface area contributed by atoms with Crippen LogP contribution in [0.3, 0.4) is 0 Å². The van der Waals surface area contributed by atoms with Crippen LogP contribution in [0.15, 0.2) is 42.5 Å². The minimum atomic E-state index is -0.586. The van der Waals surface area contributed by atoms with Crippen molar-refractivity contribution in [2.45, 2.75) is 6.04 Å². The maximum atomic E-state index is 13.8. The molecule has 2 aromatic carbocycles. The molecule has 2 rings (SSSR count). The predicted octanol–water partition coefficient (Wildman–Crippen LogP) is 3.93. The Morgan fingerprint density at radius 1 is 1.11 bits per heavy atom. The number of benzene rings is 2. The summed E-state index contributed by atoms with van der Waals surface area (Å²) in [6, 6.07) is 10.3. The topological polar surface area (TPSA) is 12.0 Å². The van der Waals surface area contributed by atoms with Crippen LogP contribution in [0, 0.1) is 11.6 Å². The van der Waals surface area contributed by atoms with Gasteiger partial charge in [0.15, 0.2) is 0 Å². The van der Waals surface area contributed by atoms with Gasteiger partial charge in [-0.3, -0.25) is 0 Å². The monoisotopic (exact) mass is 267 g/mol. The van der Waals surface area contributed by atoms with E-state index in [0.717, 1.165) is 11.6 Å². The van der Waals surface area contributed by atoms with Crippen LogP contribution in [0.4, 0.5) is 8.78 Å². The number of halogens is 3. The molecular weight excluding hydrogens is 256 g/mol. The Morgan fingerprint density at radius 2 is 1.89 bits per heavy atom. The summed E-state index contributed by atoms with van der Waals surface area (Å²) in [5.74, 6) is -1.16. The van der Waals surface area contributed by atoms with E-state index in [1.54, 1.807) is 25.2 Å². The number of rotatable bonds is 3. The molecule has 0 saturated heterocycles. The summed E-state index contributed by atoms with van der Waals surface area (Å²) in [6.07, 6.45) is 0. The highest BCUT2D eigenvalue weighted by molar-refractivity contribution is 6.30. The first-order valence-corrected chi connectivity index (χ1v) is 5.87. The van der Waals surface area contributed by atoms with Gasteiger partial charge in [-0.1, -0.05) is 29.8 Å². The predicted molar refractivity (Wildman–Crippen MR) is 68.7 cm³/mol. The molecule has 0 heterocycles. The van der Waals surface area contributed by atoms with E-state index in [2.05, 4.69) is 5.32 Å². The maximum absolute atomic E-state index is 13.8. The smallest absolute Gasteiger partial charge is 0.131 e. The van der Waals surface area contributed by atoms with Crippen LogP contribution in [-0.4, -0.2) is 7.05 Å². The molecule has 0 aromatic heterocycles. The molecule has 0 spiro atoms. The van der Waals surface area contributed by atoms with Crippen molar-refractivity contribution in [1.29, 1.82) is 0 Å². The lowest BCUT2D eigenvalue weighted by Gasteiger charge is -2.18. The fourth-order valence-corrected chi connectivity index (χ4v) is 2.12. The third-order valence-corrected chi connectivity index (χ3v) is 2.98. The molecule has 2 aromatic rings.